The molecule has 0 unspecified atom stereocenters. The second kappa shape index (κ2) is 9.20. The minimum Gasteiger partial charge on any atom is -0.465 e. The summed E-state index contributed by atoms with van der Waals surface area (Å²) in [4.78, 5) is 35.0. The van der Waals surface area contributed by atoms with Gasteiger partial charge in [-0.2, -0.15) is 10.2 Å². The van der Waals surface area contributed by atoms with E-state index in [0.717, 1.165) is 19.4 Å². The molecule has 0 bridgehead atoms. The number of hydrogen-bond acceptors (Lipinski definition) is 9. The molecule has 1 aromatic carbocycles. The van der Waals surface area contributed by atoms with Gasteiger partial charge in [0.25, 0.3) is 5.91 Å². The molecule has 1 aliphatic rings. The molecule has 2 aromatic rings. The highest BCUT2D eigenvalue weighted by atomic mass is 16.5. The third kappa shape index (κ3) is 4.95. The van der Waals surface area contributed by atoms with Crippen molar-refractivity contribution in [1.29, 1.82) is 5.26 Å². The second-order valence-corrected chi connectivity index (χ2v) is 8.30. The maximum Gasteiger partial charge on any atom is 0.337 e. The monoisotopic (exact) mass is 437 g/mol. The van der Waals surface area contributed by atoms with Crippen LogP contribution in [0.3, 0.4) is 0 Å². The van der Waals surface area contributed by atoms with Crippen molar-refractivity contribution in [1.82, 2.24) is 9.97 Å². The van der Waals surface area contributed by atoms with Gasteiger partial charge in [0.15, 0.2) is 0 Å². The number of nitrogens with two attached hydrogens (primary N) is 2. The molecule has 32 heavy (non-hydrogen) atoms. The predicted molar refractivity (Wildman–Crippen MR) is 120 cm³/mol. The number of methoxy groups -OCH3 is 1. The number of hydrogen-bond donors (Lipinski definition) is 3. The summed E-state index contributed by atoms with van der Waals surface area (Å²) in [5, 5.41) is 12.6. The number of primary amides is 1. The van der Waals surface area contributed by atoms with Crippen LogP contribution in [0.4, 0.5) is 17.5 Å². The normalized spacial score (nSPS) is 16.2. The SMILES string of the molecule is COC(=O)c1cc(Nc2nc(N3CCC[C@H](N)C3)ncc2C(N)=O)cc(C(C)(C)C#N)c1. The second-order valence-electron chi connectivity index (χ2n) is 8.30. The van der Waals surface area contributed by atoms with E-state index in [1.165, 1.54) is 13.3 Å². The van der Waals surface area contributed by atoms with Gasteiger partial charge in [0.1, 0.15) is 11.4 Å². The van der Waals surface area contributed by atoms with Gasteiger partial charge in [-0.25, -0.2) is 9.78 Å². The average molecular weight is 438 g/mol. The van der Waals surface area contributed by atoms with E-state index in [-0.39, 0.29) is 23.0 Å². The highest BCUT2D eigenvalue weighted by Crippen LogP contribution is 2.29. The van der Waals surface area contributed by atoms with Crippen molar-refractivity contribution < 1.29 is 14.3 Å². The number of amides is 1. The van der Waals surface area contributed by atoms with Gasteiger partial charge in [-0.1, -0.05) is 0 Å². The number of piperidine rings is 1. The van der Waals surface area contributed by atoms with E-state index in [1.807, 2.05) is 4.90 Å². The zero-order valence-electron chi connectivity index (χ0n) is 18.4. The molecule has 0 radical (unpaired) electrons. The van der Waals surface area contributed by atoms with Crippen LogP contribution in [0.5, 0.6) is 0 Å². The molecule has 1 aromatic heterocycles. The number of carbonyl (C=O) groups is 2. The summed E-state index contributed by atoms with van der Waals surface area (Å²) in [6.45, 7) is 4.84. The van der Waals surface area contributed by atoms with Gasteiger partial charge in [-0.3, -0.25) is 4.79 Å². The predicted octanol–water partition coefficient (Wildman–Crippen LogP) is 1.83. The first kappa shape index (κ1) is 23.0. The van der Waals surface area contributed by atoms with E-state index in [1.54, 1.807) is 32.0 Å². The topological polar surface area (TPSA) is 160 Å². The van der Waals surface area contributed by atoms with Gasteiger partial charge in [0, 0.05) is 31.0 Å². The van der Waals surface area contributed by atoms with Crippen LogP contribution in [-0.4, -0.2) is 48.1 Å². The molecule has 3 rings (SSSR count). The molecule has 10 heteroatoms. The average Bonchev–Trinajstić information content (AvgIpc) is 2.78. The lowest BCUT2D eigenvalue weighted by Crippen LogP contribution is -2.43. The van der Waals surface area contributed by atoms with Crippen LogP contribution in [0.2, 0.25) is 0 Å². The summed E-state index contributed by atoms with van der Waals surface area (Å²) in [5.41, 5.74) is 12.1. The van der Waals surface area contributed by atoms with Crippen LogP contribution in [0.1, 0.15) is 53.0 Å². The van der Waals surface area contributed by atoms with Crippen LogP contribution in [-0.2, 0) is 10.2 Å². The van der Waals surface area contributed by atoms with Crippen LogP contribution < -0.4 is 21.7 Å². The molecule has 168 valence electrons. The van der Waals surface area contributed by atoms with E-state index < -0.39 is 17.3 Å². The maximum absolute atomic E-state index is 12.2. The van der Waals surface area contributed by atoms with Crippen molar-refractivity contribution in [2.75, 3.05) is 30.4 Å². The quantitative estimate of drug-likeness (QED) is 0.573. The molecule has 1 saturated heterocycles. The van der Waals surface area contributed by atoms with E-state index >= 15 is 0 Å². The number of nitrogens with zero attached hydrogens (tertiary/aromatic N) is 4. The molecule has 1 amide bonds. The van der Waals surface area contributed by atoms with Gasteiger partial charge in [-0.05, 0) is 50.5 Å². The summed E-state index contributed by atoms with van der Waals surface area (Å²) in [7, 11) is 1.28. The minimum absolute atomic E-state index is 0.0204. The Kier molecular flexibility index (Phi) is 6.60. The van der Waals surface area contributed by atoms with Crippen molar-refractivity contribution in [2.24, 2.45) is 11.5 Å². The molecule has 0 saturated carbocycles. The highest BCUT2D eigenvalue weighted by molar-refractivity contribution is 5.98. The standard InChI is InChI=1S/C22H27N7O3/c1-22(2,12-23)14-7-13(20(31)32-3)8-16(9-14)27-19-17(18(25)30)10-26-21(28-19)29-6-4-5-15(24)11-29/h7-10,15H,4-6,11,24H2,1-3H3,(H2,25,30)(H,26,27,28)/t15-/m0/s1. The zero-order valence-corrected chi connectivity index (χ0v) is 18.4. The fourth-order valence-corrected chi connectivity index (χ4v) is 3.49. The lowest BCUT2D eigenvalue weighted by Gasteiger charge is -2.31. The Balaban J connectivity index is 2.05. The van der Waals surface area contributed by atoms with Crippen molar-refractivity contribution in [3.05, 3.63) is 41.1 Å². The number of anilines is 3. The highest BCUT2D eigenvalue weighted by Gasteiger charge is 2.24. The van der Waals surface area contributed by atoms with Gasteiger partial charge in [0.2, 0.25) is 5.95 Å². The van der Waals surface area contributed by atoms with Crippen molar-refractivity contribution in [3.63, 3.8) is 0 Å². The summed E-state index contributed by atoms with van der Waals surface area (Å²) in [6.07, 6.45) is 3.22. The Hall–Kier alpha value is -3.71. The molecule has 0 aliphatic carbocycles. The Morgan fingerprint density at radius 1 is 1.34 bits per heavy atom. The molecule has 1 fully saturated rings. The van der Waals surface area contributed by atoms with E-state index in [9.17, 15) is 14.9 Å². The lowest BCUT2D eigenvalue weighted by atomic mass is 9.85. The number of rotatable bonds is 6. The number of nitrogens with one attached hydrogen (secondary N) is 1. The van der Waals surface area contributed by atoms with Crippen LogP contribution in [0.15, 0.2) is 24.4 Å². The fraction of sp³-hybridized carbons (Fsp3) is 0.409. The lowest BCUT2D eigenvalue weighted by molar-refractivity contribution is 0.0600. The van der Waals surface area contributed by atoms with Crippen molar-refractivity contribution in [3.8, 4) is 6.07 Å². The number of aromatic nitrogens is 2. The molecule has 2 heterocycles. The smallest absolute Gasteiger partial charge is 0.337 e. The number of nitriles is 1. The summed E-state index contributed by atoms with van der Waals surface area (Å²) >= 11 is 0. The maximum atomic E-state index is 12.2. The third-order valence-electron chi connectivity index (χ3n) is 5.40. The third-order valence-corrected chi connectivity index (χ3v) is 5.40. The fourth-order valence-electron chi connectivity index (χ4n) is 3.49. The van der Waals surface area contributed by atoms with Gasteiger partial charge in [-0.15, -0.1) is 0 Å². The number of carbonyl (C=O) groups excluding carboxylic acids is 2. The Morgan fingerprint density at radius 3 is 2.72 bits per heavy atom. The molecule has 1 aliphatic heterocycles. The summed E-state index contributed by atoms with van der Waals surface area (Å²) in [6, 6.07) is 7.13. The van der Waals surface area contributed by atoms with Crippen molar-refractivity contribution >= 4 is 29.3 Å². The van der Waals surface area contributed by atoms with E-state index in [0.29, 0.717) is 23.7 Å². The van der Waals surface area contributed by atoms with Crippen molar-refractivity contribution in [2.45, 2.75) is 38.1 Å². The van der Waals surface area contributed by atoms with Gasteiger partial charge < -0.3 is 26.4 Å². The van der Waals surface area contributed by atoms with Crippen LogP contribution in [0.25, 0.3) is 0 Å². The van der Waals surface area contributed by atoms with Crippen LogP contribution >= 0.6 is 0 Å². The van der Waals surface area contributed by atoms with Gasteiger partial charge in [0.05, 0.1) is 24.2 Å². The van der Waals surface area contributed by atoms with Gasteiger partial charge >= 0.3 is 5.97 Å². The number of esters is 1. The molecule has 0 spiro atoms. The van der Waals surface area contributed by atoms with Crippen LogP contribution in [0, 0.1) is 11.3 Å². The molecule has 10 nitrogen and oxygen atoms in total. The van der Waals surface area contributed by atoms with E-state index in [4.69, 9.17) is 16.2 Å². The summed E-state index contributed by atoms with van der Waals surface area (Å²) in [5.74, 6) is -0.626. The number of ether oxygens (including phenoxy) is 1. The first-order chi connectivity index (χ1) is 15.1. The first-order valence-corrected chi connectivity index (χ1v) is 10.2. The Bertz CT molecular complexity index is 1080. The molecule has 5 N–H and O–H groups in total. The molecule has 1 atom stereocenters. The Morgan fingerprint density at radius 2 is 2.09 bits per heavy atom. The first-order valence-electron chi connectivity index (χ1n) is 10.2. The summed E-state index contributed by atoms with van der Waals surface area (Å²) < 4.78 is 4.85. The zero-order chi connectivity index (χ0) is 23.5. The van der Waals surface area contributed by atoms with E-state index in [2.05, 4.69) is 21.4 Å². The molecular formula is C22H27N7O3. The molecular weight excluding hydrogens is 410 g/mol. The largest absolute Gasteiger partial charge is 0.465 e. The minimum atomic E-state index is -0.867. The Labute approximate surface area is 186 Å². The number of benzene rings is 1.